The van der Waals surface area contributed by atoms with Gasteiger partial charge in [-0.2, -0.15) is 0 Å². The second-order valence-electron chi connectivity index (χ2n) is 5.19. The van der Waals surface area contributed by atoms with Crippen LogP contribution in [0.15, 0.2) is 29.8 Å². The van der Waals surface area contributed by atoms with Gasteiger partial charge >= 0.3 is 5.97 Å². The summed E-state index contributed by atoms with van der Waals surface area (Å²) in [6.07, 6.45) is 4.99. The molecule has 0 fully saturated rings. The molecule has 0 spiro atoms. The number of methoxy groups -OCH3 is 1. The summed E-state index contributed by atoms with van der Waals surface area (Å²) in [7, 11) is 1.63. The van der Waals surface area contributed by atoms with Gasteiger partial charge in [-0.3, -0.25) is 4.79 Å². The SMILES string of the molecule is COc1ccc(/C=C2\C#CCCCCC#CC2OC(C)=O)cc1. The molecule has 1 aliphatic rings. The molecule has 1 unspecified atom stereocenters. The van der Waals surface area contributed by atoms with Gasteiger partial charge in [0.05, 0.1) is 12.7 Å². The fourth-order valence-electron chi connectivity index (χ4n) is 2.15. The van der Waals surface area contributed by atoms with E-state index in [4.69, 9.17) is 9.47 Å². The van der Waals surface area contributed by atoms with Crippen LogP contribution in [0.1, 0.15) is 38.2 Å². The molecule has 23 heavy (non-hydrogen) atoms. The van der Waals surface area contributed by atoms with Gasteiger partial charge in [-0.15, -0.1) is 0 Å². The predicted octanol–water partition coefficient (Wildman–Crippen LogP) is 3.59. The molecule has 2 rings (SSSR count). The molecule has 0 saturated carbocycles. The third-order valence-corrected chi connectivity index (χ3v) is 3.32. The van der Waals surface area contributed by atoms with Gasteiger partial charge < -0.3 is 9.47 Å². The minimum atomic E-state index is -0.611. The van der Waals surface area contributed by atoms with Crippen LogP contribution in [0.2, 0.25) is 0 Å². The van der Waals surface area contributed by atoms with Crippen LogP contribution in [0.5, 0.6) is 5.75 Å². The first-order valence-corrected chi connectivity index (χ1v) is 7.69. The van der Waals surface area contributed by atoms with Crippen molar-refractivity contribution in [1.29, 1.82) is 0 Å². The molecule has 3 nitrogen and oxygen atoms in total. The predicted molar refractivity (Wildman–Crippen MR) is 90.5 cm³/mol. The van der Waals surface area contributed by atoms with Gasteiger partial charge in [-0.05, 0) is 36.6 Å². The largest absolute Gasteiger partial charge is 0.497 e. The van der Waals surface area contributed by atoms with E-state index in [0.717, 1.165) is 37.0 Å². The average Bonchev–Trinajstić information content (AvgIpc) is 2.55. The second kappa shape index (κ2) is 8.71. The lowest BCUT2D eigenvalue weighted by Crippen LogP contribution is -2.16. The zero-order chi connectivity index (χ0) is 16.5. The summed E-state index contributed by atoms with van der Waals surface area (Å²) in [5.74, 6) is 12.8. The third-order valence-electron chi connectivity index (χ3n) is 3.32. The first kappa shape index (κ1) is 16.7. The fraction of sp³-hybridized carbons (Fsp3) is 0.350. The summed E-state index contributed by atoms with van der Waals surface area (Å²) < 4.78 is 10.5. The van der Waals surface area contributed by atoms with E-state index in [-0.39, 0.29) is 5.97 Å². The van der Waals surface area contributed by atoms with E-state index in [0.29, 0.717) is 5.57 Å². The lowest BCUT2D eigenvalue weighted by atomic mass is 10.0. The number of carbonyl (C=O) groups excluding carboxylic acids is 1. The molecule has 1 atom stereocenters. The zero-order valence-corrected chi connectivity index (χ0v) is 13.5. The average molecular weight is 308 g/mol. The minimum Gasteiger partial charge on any atom is -0.497 e. The molecule has 1 aromatic carbocycles. The molecule has 0 radical (unpaired) electrons. The number of hydrogen-bond acceptors (Lipinski definition) is 3. The third kappa shape index (κ3) is 5.57. The number of benzene rings is 1. The maximum atomic E-state index is 11.4. The molecular formula is C20H20O3. The Morgan fingerprint density at radius 3 is 2.52 bits per heavy atom. The molecule has 118 valence electrons. The summed E-state index contributed by atoms with van der Waals surface area (Å²) >= 11 is 0. The molecular weight excluding hydrogens is 288 g/mol. The highest BCUT2D eigenvalue weighted by molar-refractivity contribution is 5.69. The van der Waals surface area contributed by atoms with Crippen molar-refractivity contribution >= 4 is 12.0 Å². The summed E-state index contributed by atoms with van der Waals surface area (Å²) in [5, 5.41) is 0. The molecule has 1 aromatic rings. The number of rotatable bonds is 3. The Kier molecular flexibility index (Phi) is 6.33. The van der Waals surface area contributed by atoms with E-state index in [2.05, 4.69) is 23.7 Å². The normalized spacial score (nSPS) is 18.9. The molecule has 1 aliphatic carbocycles. The van der Waals surface area contributed by atoms with Crippen molar-refractivity contribution in [3.63, 3.8) is 0 Å². The van der Waals surface area contributed by atoms with Crippen LogP contribution in [0.4, 0.5) is 0 Å². The Labute approximate surface area is 137 Å². The van der Waals surface area contributed by atoms with Crippen molar-refractivity contribution in [3.8, 4) is 29.4 Å². The van der Waals surface area contributed by atoms with Gasteiger partial charge in [-0.25, -0.2) is 0 Å². The smallest absolute Gasteiger partial charge is 0.304 e. The second-order valence-corrected chi connectivity index (χ2v) is 5.19. The van der Waals surface area contributed by atoms with Crippen molar-refractivity contribution in [2.75, 3.05) is 7.11 Å². The van der Waals surface area contributed by atoms with Crippen molar-refractivity contribution in [2.24, 2.45) is 0 Å². The van der Waals surface area contributed by atoms with Crippen molar-refractivity contribution in [3.05, 3.63) is 35.4 Å². The van der Waals surface area contributed by atoms with Gasteiger partial charge in [0.25, 0.3) is 0 Å². The van der Waals surface area contributed by atoms with Crippen LogP contribution in [0.3, 0.4) is 0 Å². The quantitative estimate of drug-likeness (QED) is 0.632. The Morgan fingerprint density at radius 2 is 1.87 bits per heavy atom. The van der Waals surface area contributed by atoms with E-state index < -0.39 is 6.10 Å². The minimum absolute atomic E-state index is 0.358. The molecule has 3 heteroatoms. The van der Waals surface area contributed by atoms with E-state index in [1.807, 2.05) is 30.3 Å². The number of hydrogen-bond donors (Lipinski definition) is 0. The zero-order valence-electron chi connectivity index (χ0n) is 13.5. The number of ether oxygens (including phenoxy) is 2. The molecule has 0 aromatic heterocycles. The lowest BCUT2D eigenvalue weighted by molar-refractivity contribution is -0.142. The van der Waals surface area contributed by atoms with Crippen LogP contribution < -0.4 is 4.74 Å². The maximum Gasteiger partial charge on any atom is 0.304 e. The first-order valence-electron chi connectivity index (χ1n) is 7.69. The van der Waals surface area contributed by atoms with Gasteiger partial charge in [0.15, 0.2) is 6.10 Å². The van der Waals surface area contributed by atoms with Crippen LogP contribution in [0, 0.1) is 23.7 Å². The highest BCUT2D eigenvalue weighted by Gasteiger charge is 2.14. The monoisotopic (exact) mass is 308 g/mol. The highest BCUT2D eigenvalue weighted by Crippen LogP contribution is 2.17. The van der Waals surface area contributed by atoms with E-state index in [9.17, 15) is 4.79 Å². The van der Waals surface area contributed by atoms with Crippen molar-refractivity contribution in [2.45, 2.75) is 38.7 Å². The molecule has 0 amide bonds. The Balaban J connectivity index is 2.35. The topological polar surface area (TPSA) is 35.5 Å². The van der Waals surface area contributed by atoms with E-state index in [1.54, 1.807) is 7.11 Å². The number of carbonyl (C=O) groups is 1. The van der Waals surface area contributed by atoms with Gasteiger partial charge in [0, 0.05) is 19.8 Å². The molecule has 0 bridgehead atoms. The van der Waals surface area contributed by atoms with Crippen LogP contribution in [0.25, 0.3) is 6.08 Å². The Morgan fingerprint density at radius 1 is 1.17 bits per heavy atom. The van der Waals surface area contributed by atoms with Crippen LogP contribution in [-0.2, 0) is 9.53 Å². The molecule has 0 saturated heterocycles. The molecule has 0 N–H and O–H groups in total. The summed E-state index contributed by atoms with van der Waals surface area (Å²) in [5.41, 5.74) is 1.67. The van der Waals surface area contributed by atoms with Crippen molar-refractivity contribution in [1.82, 2.24) is 0 Å². The standard InChI is InChI=1S/C20H20O3/c1-16(21)23-20-10-8-6-4-3-5-7-9-18(20)15-17-11-13-19(22-2)14-12-17/h11-15,20H,3-6H2,1-2H3/b18-15+. The Bertz CT molecular complexity index is 690. The summed E-state index contributed by atoms with van der Waals surface area (Å²) in [4.78, 5) is 11.4. The van der Waals surface area contributed by atoms with E-state index in [1.165, 1.54) is 6.92 Å². The maximum absolute atomic E-state index is 11.4. The first-order chi connectivity index (χ1) is 11.2. The summed E-state index contributed by atoms with van der Waals surface area (Å²) in [6, 6.07) is 7.63. The van der Waals surface area contributed by atoms with Crippen LogP contribution >= 0.6 is 0 Å². The lowest BCUT2D eigenvalue weighted by Gasteiger charge is -2.12. The van der Waals surface area contributed by atoms with Gasteiger partial charge in [-0.1, -0.05) is 35.8 Å². The molecule has 0 heterocycles. The van der Waals surface area contributed by atoms with Crippen LogP contribution in [-0.4, -0.2) is 19.2 Å². The van der Waals surface area contributed by atoms with Gasteiger partial charge in [0.2, 0.25) is 0 Å². The van der Waals surface area contributed by atoms with E-state index >= 15 is 0 Å². The number of esters is 1. The Hall–Kier alpha value is -2.65. The molecule has 0 aliphatic heterocycles. The van der Waals surface area contributed by atoms with Crippen molar-refractivity contribution < 1.29 is 14.3 Å². The summed E-state index contributed by atoms with van der Waals surface area (Å²) in [6.45, 7) is 1.39. The fourth-order valence-corrected chi connectivity index (χ4v) is 2.15. The van der Waals surface area contributed by atoms with Gasteiger partial charge in [0.1, 0.15) is 5.75 Å². The highest BCUT2D eigenvalue weighted by atomic mass is 16.5.